The first-order chi connectivity index (χ1) is 6.50. The molecule has 5 heteroatoms. The van der Waals surface area contributed by atoms with Gasteiger partial charge in [0.2, 0.25) is 0 Å². The number of aliphatic hydroxyl groups excluding tert-OH is 1. The Kier molecular flexibility index (Phi) is 3.46. The summed E-state index contributed by atoms with van der Waals surface area (Å²) in [7, 11) is 0. The number of nitrogens with zero attached hydrogens (tertiary/aromatic N) is 1. The second kappa shape index (κ2) is 4.41. The fourth-order valence-corrected chi connectivity index (χ4v) is 1.42. The summed E-state index contributed by atoms with van der Waals surface area (Å²) in [5.41, 5.74) is 0. The highest BCUT2D eigenvalue weighted by atomic mass is 16.3. The smallest absolute Gasteiger partial charge is 0.311 e. The van der Waals surface area contributed by atoms with Gasteiger partial charge in [-0.3, -0.25) is 9.59 Å². The number of hydrogen-bond acceptors (Lipinski definition) is 3. The van der Waals surface area contributed by atoms with Gasteiger partial charge < -0.3 is 15.3 Å². The third kappa shape index (κ3) is 2.70. The number of hydrogen-bond donors (Lipinski definition) is 2. The summed E-state index contributed by atoms with van der Waals surface area (Å²) in [6.07, 6.45) is 0.0641. The van der Waals surface area contributed by atoms with Gasteiger partial charge in [0, 0.05) is 19.1 Å². The third-order valence-electron chi connectivity index (χ3n) is 2.17. The predicted molar refractivity (Wildman–Crippen MR) is 50.5 cm³/mol. The highest BCUT2D eigenvalue weighted by Gasteiger charge is 2.29. The SMILES string of the molecule is CC(O)CCN1CC(C)NC(=O)C1=O. The molecule has 0 radical (unpaired) electrons. The van der Waals surface area contributed by atoms with Gasteiger partial charge in [-0.2, -0.15) is 0 Å². The molecular formula is C9H16N2O3. The molecule has 0 spiro atoms. The molecule has 0 aromatic rings. The van der Waals surface area contributed by atoms with Crippen molar-refractivity contribution >= 4 is 11.8 Å². The van der Waals surface area contributed by atoms with E-state index in [2.05, 4.69) is 5.32 Å². The number of piperazine rings is 1. The zero-order valence-electron chi connectivity index (χ0n) is 8.49. The number of carbonyl (C=O) groups is 2. The average molecular weight is 200 g/mol. The van der Waals surface area contributed by atoms with E-state index in [-0.39, 0.29) is 6.04 Å². The van der Waals surface area contributed by atoms with Crippen molar-refractivity contribution in [1.82, 2.24) is 10.2 Å². The van der Waals surface area contributed by atoms with E-state index in [0.29, 0.717) is 19.5 Å². The molecule has 1 heterocycles. The van der Waals surface area contributed by atoms with Crippen LogP contribution in [-0.2, 0) is 9.59 Å². The fourth-order valence-electron chi connectivity index (χ4n) is 1.42. The molecule has 0 aromatic carbocycles. The normalized spacial score (nSPS) is 24.8. The minimum Gasteiger partial charge on any atom is -0.393 e. The van der Waals surface area contributed by atoms with E-state index in [1.807, 2.05) is 6.92 Å². The van der Waals surface area contributed by atoms with Gasteiger partial charge in [-0.15, -0.1) is 0 Å². The molecule has 0 aliphatic carbocycles. The number of nitrogens with one attached hydrogen (secondary N) is 1. The Morgan fingerprint density at radius 1 is 1.64 bits per heavy atom. The molecule has 1 fully saturated rings. The van der Waals surface area contributed by atoms with Crippen molar-refractivity contribution in [2.75, 3.05) is 13.1 Å². The second-order valence-corrected chi connectivity index (χ2v) is 3.76. The van der Waals surface area contributed by atoms with Crippen molar-refractivity contribution in [1.29, 1.82) is 0 Å². The molecule has 5 nitrogen and oxygen atoms in total. The number of carbonyl (C=O) groups excluding carboxylic acids is 2. The van der Waals surface area contributed by atoms with Crippen molar-refractivity contribution in [2.45, 2.75) is 32.4 Å². The minimum atomic E-state index is -0.547. The van der Waals surface area contributed by atoms with Crippen LogP contribution in [-0.4, -0.2) is 47.1 Å². The van der Waals surface area contributed by atoms with E-state index >= 15 is 0 Å². The zero-order chi connectivity index (χ0) is 10.7. The van der Waals surface area contributed by atoms with Gasteiger partial charge in [0.05, 0.1) is 6.10 Å². The molecular weight excluding hydrogens is 184 g/mol. The molecule has 2 unspecified atom stereocenters. The molecule has 1 aliphatic rings. The lowest BCUT2D eigenvalue weighted by Crippen LogP contribution is -2.56. The molecule has 1 rings (SSSR count). The lowest BCUT2D eigenvalue weighted by Gasteiger charge is -2.31. The van der Waals surface area contributed by atoms with Crippen molar-refractivity contribution < 1.29 is 14.7 Å². The maximum Gasteiger partial charge on any atom is 0.311 e. The van der Waals surface area contributed by atoms with Gasteiger partial charge >= 0.3 is 11.8 Å². The van der Waals surface area contributed by atoms with Crippen LogP contribution in [0, 0.1) is 0 Å². The first kappa shape index (κ1) is 11.0. The maximum atomic E-state index is 11.3. The van der Waals surface area contributed by atoms with Crippen molar-refractivity contribution in [3.05, 3.63) is 0 Å². The lowest BCUT2D eigenvalue weighted by atomic mass is 10.2. The molecule has 80 valence electrons. The molecule has 1 aliphatic heterocycles. The quantitative estimate of drug-likeness (QED) is 0.580. The topological polar surface area (TPSA) is 69.6 Å². The standard InChI is InChI=1S/C9H16N2O3/c1-6-5-11(4-3-7(2)12)9(14)8(13)10-6/h6-7,12H,3-5H2,1-2H3,(H,10,13). The van der Waals surface area contributed by atoms with Crippen LogP contribution in [0.3, 0.4) is 0 Å². The average Bonchev–Trinajstić information content (AvgIpc) is 2.08. The Labute approximate surface area is 83.1 Å². The monoisotopic (exact) mass is 200 g/mol. The summed E-state index contributed by atoms with van der Waals surface area (Å²) >= 11 is 0. The highest BCUT2D eigenvalue weighted by molar-refractivity contribution is 6.35. The van der Waals surface area contributed by atoms with Gasteiger partial charge in [0.25, 0.3) is 0 Å². The summed E-state index contributed by atoms with van der Waals surface area (Å²) in [4.78, 5) is 23.9. The Hall–Kier alpha value is -1.10. The maximum absolute atomic E-state index is 11.3. The molecule has 1 saturated heterocycles. The van der Waals surface area contributed by atoms with E-state index in [4.69, 9.17) is 5.11 Å². The molecule has 2 atom stereocenters. The fraction of sp³-hybridized carbons (Fsp3) is 0.778. The van der Waals surface area contributed by atoms with E-state index in [0.717, 1.165) is 0 Å². The number of amides is 2. The van der Waals surface area contributed by atoms with Crippen LogP contribution in [0.1, 0.15) is 20.3 Å². The molecule has 0 saturated carbocycles. The van der Waals surface area contributed by atoms with Crippen molar-refractivity contribution in [2.24, 2.45) is 0 Å². The summed E-state index contributed by atoms with van der Waals surface area (Å²) in [6, 6.07) is -0.00537. The van der Waals surface area contributed by atoms with Crippen LogP contribution < -0.4 is 5.32 Å². The predicted octanol–water partition coefficient (Wildman–Crippen LogP) is -0.896. The van der Waals surface area contributed by atoms with Gasteiger partial charge in [-0.1, -0.05) is 0 Å². The Balaban J connectivity index is 2.49. The number of aliphatic hydroxyl groups is 1. The van der Waals surface area contributed by atoms with Crippen LogP contribution in [0.2, 0.25) is 0 Å². The minimum absolute atomic E-state index is 0.00537. The summed E-state index contributed by atoms with van der Waals surface area (Å²) < 4.78 is 0. The van der Waals surface area contributed by atoms with E-state index in [1.165, 1.54) is 4.90 Å². The van der Waals surface area contributed by atoms with Gasteiger partial charge in [0.1, 0.15) is 0 Å². The Morgan fingerprint density at radius 2 is 2.29 bits per heavy atom. The summed E-state index contributed by atoms with van der Waals surface area (Å²) in [5.74, 6) is -1.04. The molecule has 14 heavy (non-hydrogen) atoms. The lowest BCUT2D eigenvalue weighted by molar-refractivity contribution is -0.149. The summed E-state index contributed by atoms with van der Waals surface area (Å²) in [6.45, 7) is 4.48. The highest BCUT2D eigenvalue weighted by Crippen LogP contribution is 2.03. The van der Waals surface area contributed by atoms with Crippen LogP contribution in [0.4, 0.5) is 0 Å². The van der Waals surface area contributed by atoms with Crippen LogP contribution in [0.5, 0.6) is 0 Å². The third-order valence-corrected chi connectivity index (χ3v) is 2.17. The van der Waals surface area contributed by atoms with E-state index < -0.39 is 17.9 Å². The first-order valence-electron chi connectivity index (χ1n) is 4.78. The summed E-state index contributed by atoms with van der Waals surface area (Å²) in [5, 5.41) is 11.6. The van der Waals surface area contributed by atoms with Crippen molar-refractivity contribution in [3.8, 4) is 0 Å². The van der Waals surface area contributed by atoms with Gasteiger partial charge in [-0.25, -0.2) is 0 Å². The first-order valence-corrected chi connectivity index (χ1v) is 4.78. The van der Waals surface area contributed by atoms with Crippen molar-refractivity contribution in [3.63, 3.8) is 0 Å². The molecule has 0 aromatic heterocycles. The molecule has 2 N–H and O–H groups in total. The van der Waals surface area contributed by atoms with E-state index in [9.17, 15) is 9.59 Å². The van der Waals surface area contributed by atoms with E-state index in [1.54, 1.807) is 6.92 Å². The van der Waals surface area contributed by atoms with Crippen LogP contribution in [0.15, 0.2) is 0 Å². The van der Waals surface area contributed by atoms with Crippen LogP contribution >= 0.6 is 0 Å². The molecule has 0 bridgehead atoms. The largest absolute Gasteiger partial charge is 0.393 e. The van der Waals surface area contributed by atoms with Crippen LogP contribution in [0.25, 0.3) is 0 Å². The Morgan fingerprint density at radius 3 is 2.86 bits per heavy atom. The number of rotatable bonds is 3. The zero-order valence-corrected chi connectivity index (χ0v) is 8.49. The Bertz CT molecular complexity index is 240. The second-order valence-electron chi connectivity index (χ2n) is 3.76. The van der Waals surface area contributed by atoms with Gasteiger partial charge in [-0.05, 0) is 20.3 Å². The molecule has 2 amide bonds. The van der Waals surface area contributed by atoms with Gasteiger partial charge in [0.15, 0.2) is 0 Å².